The predicted molar refractivity (Wildman–Crippen MR) is 76.6 cm³/mol. The molecule has 2 heterocycles. The van der Waals surface area contributed by atoms with Crippen molar-refractivity contribution < 1.29 is 4.79 Å². The molecule has 2 unspecified atom stereocenters. The highest BCUT2D eigenvalue weighted by Gasteiger charge is 2.30. The van der Waals surface area contributed by atoms with Crippen LogP contribution in [0.25, 0.3) is 11.0 Å². The SMILES string of the molecule is CC1CCNC1C(=O)Nc1c(Cl)ccc2nsnc12. The maximum atomic E-state index is 12.3. The third-order valence-electron chi connectivity index (χ3n) is 3.44. The summed E-state index contributed by atoms with van der Waals surface area (Å²) < 4.78 is 8.33. The van der Waals surface area contributed by atoms with E-state index in [0.29, 0.717) is 22.1 Å². The molecule has 2 aromatic rings. The molecule has 0 saturated carbocycles. The number of amides is 1. The molecule has 0 aliphatic carbocycles. The molecule has 3 rings (SSSR count). The van der Waals surface area contributed by atoms with Gasteiger partial charge < -0.3 is 10.6 Å². The number of rotatable bonds is 2. The van der Waals surface area contributed by atoms with Crippen LogP contribution in [-0.4, -0.2) is 27.2 Å². The zero-order valence-corrected chi connectivity index (χ0v) is 11.9. The number of hydrogen-bond acceptors (Lipinski definition) is 5. The molecule has 19 heavy (non-hydrogen) atoms. The quantitative estimate of drug-likeness (QED) is 0.892. The van der Waals surface area contributed by atoms with Crippen LogP contribution in [0.5, 0.6) is 0 Å². The number of carbonyl (C=O) groups excluding carboxylic acids is 1. The van der Waals surface area contributed by atoms with E-state index >= 15 is 0 Å². The van der Waals surface area contributed by atoms with Gasteiger partial charge in [0.25, 0.3) is 0 Å². The number of hydrogen-bond donors (Lipinski definition) is 2. The fraction of sp³-hybridized carbons (Fsp3) is 0.417. The van der Waals surface area contributed by atoms with Crippen molar-refractivity contribution in [2.75, 3.05) is 11.9 Å². The zero-order chi connectivity index (χ0) is 13.4. The number of aromatic nitrogens is 2. The molecule has 2 N–H and O–H groups in total. The van der Waals surface area contributed by atoms with Crippen LogP contribution in [0.2, 0.25) is 5.02 Å². The van der Waals surface area contributed by atoms with Crippen LogP contribution in [0.15, 0.2) is 12.1 Å². The Morgan fingerprint density at radius 3 is 3.11 bits per heavy atom. The number of halogens is 1. The van der Waals surface area contributed by atoms with Crippen molar-refractivity contribution in [1.82, 2.24) is 14.1 Å². The van der Waals surface area contributed by atoms with Gasteiger partial charge in [0.2, 0.25) is 5.91 Å². The monoisotopic (exact) mass is 296 g/mol. The van der Waals surface area contributed by atoms with Gasteiger partial charge in [-0.25, -0.2) is 0 Å². The Kier molecular flexibility index (Phi) is 3.38. The molecular weight excluding hydrogens is 284 g/mol. The summed E-state index contributed by atoms with van der Waals surface area (Å²) in [4.78, 5) is 12.3. The van der Waals surface area contributed by atoms with Gasteiger partial charge in [0.05, 0.1) is 28.5 Å². The van der Waals surface area contributed by atoms with Gasteiger partial charge in [-0.1, -0.05) is 18.5 Å². The van der Waals surface area contributed by atoms with Crippen molar-refractivity contribution in [2.45, 2.75) is 19.4 Å². The largest absolute Gasteiger partial charge is 0.322 e. The van der Waals surface area contributed by atoms with E-state index in [4.69, 9.17) is 11.6 Å². The molecule has 1 amide bonds. The smallest absolute Gasteiger partial charge is 0.241 e. The van der Waals surface area contributed by atoms with Crippen LogP contribution in [0.4, 0.5) is 5.69 Å². The molecule has 1 aromatic carbocycles. The maximum Gasteiger partial charge on any atom is 0.241 e. The standard InChI is InChI=1S/C12H13ClN4OS/c1-6-4-5-14-9(6)12(18)15-10-7(13)2-3-8-11(10)17-19-16-8/h2-3,6,9,14H,4-5H2,1H3,(H,15,18). The summed E-state index contributed by atoms with van der Waals surface area (Å²) in [5, 5.41) is 6.57. The van der Waals surface area contributed by atoms with E-state index in [9.17, 15) is 4.79 Å². The van der Waals surface area contributed by atoms with Crippen LogP contribution in [-0.2, 0) is 4.79 Å². The average molecular weight is 297 g/mol. The first-order chi connectivity index (χ1) is 9.16. The number of nitrogens with zero attached hydrogens (tertiary/aromatic N) is 2. The second-order valence-electron chi connectivity index (χ2n) is 4.74. The van der Waals surface area contributed by atoms with Crippen LogP contribution in [0, 0.1) is 5.92 Å². The first-order valence-corrected chi connectivity index (χ1v) is 7.22. The Hall–Kier alpha value is -1.24. The number of carbonyl (C=O) groups is 1. The molecular formula is C12H13ClN4OS. The zero-order valence-electron chi connectivity index (χ0n) is 10.3. The fourth-order valence-electron chi connectivity index (χ4n) is 2.33. The van der Waals surface area contributed by atoms with Crippen LogP contribution >= 0.6 is 23.3 Å². The van der Waals surface area contributed by atoms with E-state index in [1.54, 1.807) is 12.1 Å². The number of nitrogens with one attached hydrogen (secondary N) is 2. The first kappa shape index (κ1) is 12.8. The van der Waals surface area contributed by atoms with Crippen LogP contribution < -0.4 is 10.6 Å². The number of anilines is 1. The summed E-state index contributed by atoms with van der Waals surface area (Å²) in [5.41, 5.74) is 1.95. The molecule has 100 valence electrons. The van der Waals surface area contributed by atoms with E-state index in [1.165, 1.54) is 0 Å². The molecule has 1 fully saturated rings. The van der Waals surface area contributed by atoms with E-state index in [0.717, 1.165) is 30.2 Å². The molecule has 2 atom stereocenters. The average Bonchev–Trinajstić information content (AvgIpc) is 3.01. The van der Waals surface area contributed by atoms with Crippen molar-refractivity contribution in [3.63, 3.8) is 0 Å². The number of benzene rings is 1. The minimum atomic E-state index is -0.169. The van der Waals surface area contributed by atoms with Gasteiger partial charge in [-0.15, -0.1) is 0 Å². The molecule has 1 aromatic heterocycles. The van der Waals surface area contributed by atoms with E-state index in [2.05, 4.69) is 26.3 Å². The van der Waals surface area contributed by atoms with E-state index in [-0.39, 0.29) is 11.9 Å². The summed E-state index contributed by atoms with van der Waals surface area (Å²) in [6, 6.07) is 3.36. The summed E-state index contributed by atoms with van der Waals surface area (Å²) in [6.07, 6.45) is 1.01. The molecule has 1 aliphatic heterocycles. The van der Waals surface area contributed by atoms with E-state index < -0.39 is 0 Å². The second kappa shape index (κ2) is 5.03. The van der Waals surface area contributed by atoms with Gasteiger partial charge >= 0.3 is 0 Å². The predicted octanol–water partition coefficient (Wildman–Crippen LogP) is 2.28. The van der Waals surface area contributed by atoms with Crippen molar-refractivity contribution in [3.8, 4) is 0 Å². The lowest BCUT2D eigenvalue weighted by Gasteiger charge is -2.16. The fourth-order valence-corrected chi connectivity index (χ4v) is 3.07. The lowest BCUT2D eigenvalue weighted by atomic mass is 10.0. The van der Waals surface area contributed by atoms with Crippen molar-refractivity contribution >= 4 is 46.0 Å². The Labute approximate surface area is 119 Å². The third kappa shape index (κ3) is 2.31. The van der Waals surface area contributed by atoms with Gasteiger partial charge in [0.15, 0.2) is 0 Å². The van der Waals surface area contributed by atoms with E-state index in [1.807, 2.05) is 0 Å². The van der Waals surface area contributed by atoms with Crippen molar-refractivity contribution in [2.24, 2.45) is 5.92 Å². The molecule has 1 aliphatic rings. The van der Waals surface area contributed by atoms with Crippen molar-refractivity contribution in [1.29, 1.82) is 0 Å². The third-order valence-corrected chi connectivity index (χ3v) is 4.30. The summed E-state index contributed by atoms with van der Waals surface area (Å²) >= 11 is 7.26. The molecule has 0 spiro atoms. The Morgan fingerprint density at radius 1 is 1.53 bits per heavy atom. The van der Waals surface area contributed by atoms with Crippen LogP contribution in [0.1, 0.15) is 13.3 Å². The van der Waals surface area contributed by atoms with Gasteiger partial charge in [0, 0.05) is 0 Å². The van der Waals surface area contributed by atoms with Gasteiger partial charge in [0.1, 0.15) is 11.0 Å². The highest BCUT2D eigenvalue weighted by atomic mass is 35.5. The highest BCUT2D eigenvalue weighted by molar-refractivity contribution is 7.00. The summed E-state index contributed by atoms with van der Waals surface area (Å²) in [5.74, 6) is 0.263. The lowest BCUT2D eigenvalue weighted by Crippen LogP contribution is -2.39. The van der Waals surface area contributed by atoms with Crippen LogP contribution in [0.3, 0.4) is 0 Å². The maximum absolute atomic E-state index is 12.3. The summed E-state index contributed by atoms with van der Waals surface area (Å²) in [7, 11) is 0. The first-order valence-electron chi connectivity index (χ1n) is 6.12. The lowest BCUT2D eigenvalue weighted by molar-refractivity contribution is -0.118. The minimum absolute atomic E-state index is 0.0626. The highest BCUT2D eigenvalue weighted by Crippen LogP contribution is 2.30. The van der Waals surface area contributed by atoms with Gasteiger partial charge in [-0.2, -0.15) is 8.75 Å². The molecule has 0 bridgehead atoms. The Balaban J connectivity index is 1.90. The topological polar surface area (TPSA) is 66.9 Å². The second-order valence-corrected chi connectivity index (χ2v) is 5.68. The van der Waals surface area contributed by atoms with Gasteiger partial charge in [-0.05, 0) is 31.0 Å². The Bertz CT molecular complexity index is 629. The van der Waals surface area contributed by atoms with Crippen molar-refractivity contribution in [3.05, 3.63) is 17.2 Å². The van der Waals surface area contributed by atoms with Gasteiger partial charge in [-0.3, -0.25) is 4.79 Å². The normalized spacial score (nSPS) is 22.8. The molecule has 5 nitrogen and oxygen atoms in total. The Morgan fingerprint density at radius 2 is 2.37 bits per heavy atom. The minimum Gasteiger partial charge on any atom is -0.322 e. The molecule has 1 saturated heterocycles. The number of fused-ring (bicyclic) bond motifs is 1. The summed E-state index contributed by atoms with van der Waals surface area (Å²) in [6.45, 7) is 2.94. The molecule has 0 radical (unpaired) electrons. The molecule has 7 heteroatoms.